The molecule has 17 heavy (non-hydrogen) atoms. The Kier molecular flexibility index (Phi) is 2.32. The fourth-order valence-corrected chi connectivity index (χ4v) is 2.14. The molecule has 2 N–H and O–H groups in total. The van der Waals surface area contributed by atoms with Crippen molar-refractivity contribution in [1.29, 1.82) is 0 Å². The van der Waals surface area contributed by atoms with E-state index >= 15 is 0 Å². The molecule has 0 bridgehead atoms. The van der Waals surface area contributed by atoms with E-state index in [9.17, 15) is 4.79 Å². The van der Waals surface area contributed by atoms with Crippen LogP contribution < -0.4 is 15.9 Å². The van der Waals surface area contributed by atoms with E-state index in [-0.39, 0.29) is 5.69 Å². The van der Waals surface area contributed by atoms with Crippen molar-refractivity contribution in [1.82, 2.24) is 25.1 Å². The van der Waals surface area contributed by atoms with Gasteiger partial charge in [0.25, 0.3) is 0 Å². The van der Waals surface area contributed by atoms with E-state index in [0.717, 1.165) is 25.3 Å². The highest BCUT2D eigenvalue weighted by Gasteiger charge is 2.20. The topological polar surface area (TPSA) is 78.3 Å². The number of aromatic nitrogens is 4. The fraction of sp³-hybridized carbons (Fsp3) is 0.500. The number of nitrogens with one attached hydrogen (secondary N) is 2. The molecule has 1 aliphatic heterocycles. The Balaban J connectivity index is 1.99. The van der Waals surface area contributed by atoms with E-state index in [0.29, 0.717) is 11.7 Å². The molecule has 1 aliphatic rings. The quantitative estimate of drug-likeness (QED) is 0.712. The van der Waals surface area contributed by atoms with Crippen LogP contribution in [0.5, 0.6) is 0 Å². The Hall–Kier alpha value is -1.89. The molecular formula is C10H14N6O. The molecule has 2 aromatic heterocycles. The highest BCUT2D eigenvalue weighted by molar-refractivity contribution is 5.45. The molecule has 0 aromatic carbocycles. The molecule has 0 radical (unpaired) electrons. The lowest BCUT2D eigenvalue weighted by molar-refractivity contribution is 0.668. The molecule has 0 spiro atoms. The van der Waals surface area contributed by atoms with Gasteiger partial charge < -0.3 is 10.2 Å². The number of nitrogens with zero attached hydrogens (tertiary/aromatic N) is 4. The van der Waals surface area contributed by atoms with Crippen LogP contribution in [0.4, 0.5) is 5.82 Å². The molecule has 7 nitrogen and oxygen atoms in total. The first-order valence-electron chi connectivity index (χ1n) is 5.64. The second-order valence-electron chi connectivity index (χ2n) is 4.25. The van der Waals surface area contributed by atoms with Crippen LogP contribution in [0.15, 0.2) is 16.9 Å². The van der Waals surface area contributed by atoms with Gasteiger partial charge in [-0.1, -0.05) is 0 Å². The first-order valence-corrected chi connectivity index (χ1v) is 5.64. The van der Waals surface area contributed by atoms with E-state index in [1.54, 1.807) is 6.07 Å². The zero-order valence-corrected chi connectivity index (χ0v) is 9.55. The minimum atomic E-state index is -0.306. The molecule has 0 amide bonds. The van der Waals surface area contributed by atoms with Gasteiger partial charge in [0.15, 0.2) is 5.65 Å². The van der Waals surface area contributed by atoms with Gasteiger partial charge in [0.1, 0.15) is 5.82 Å². The SMILES string of the molecule is CN(c1ccc2n[nH]c(=O)n2n1)C1CCNC1. The highest BCUT2D eigenvalue weighted by Crippen LogP contribution is 2.15. The monoisotopic (exact) mass is 234 g/mol. The number of likely N-dealkylation sites (N-methyl/N-ethyl adjacent to an activating group) is 1. The van der Waals surface area contributed by atoms with Crippen LogP contribution >= 0.6 is 0 Å². The second kappa shape index (κ2) is 3.85. The second-order valence-corrected chi connectivity index (χ2v) is 4.25. The number of hydrogen-bond donors (Lipinski definition) is 2. The van der Waals surface area contributed by atoms with Gasteiger partial charge >= 0.3 is 5.69 Å². The van der Waals surface area contributed by atoms with Crippen LogP contribution in [0, 0.1) is 0 Å². The summed E-state index contributed by atoms with van der Waals surface area (Å²) in [5, 5.41) is 13.8. The molecule has 7 heteroatoms. The van der Waals surface area contributed by atoms with E-state index < -0.39 is 0 Å². The van der Waals surface area contributed by atoms with Crippen LogP contribution in [0.2, 0.25) is 0 Å². The molecule has 0 saturated carbocycles. The smallest absolute Gasteiger partial charge is 0.354 e. The van der Waals surface area contributed by atoms with E-state index in [1.165, 1.54) is 4.52 Å². The lowest BCUT2D eigenvalue weighted by Crippen LogP contribution is -2.34. The van der Waals surface area contributed by atoms with Crippen molar-refractivity contribution in [3.8, 4) is 0 Å². The molecule has 2 aromatic rings. The Morgan fingerprint density at radius 2 is 2.41 bits per heavy atom. The maximum atomic E-state index is 11.4. The molecular weight excluding hydrogens is 220 g/mol. The highest BCUT2D eigenvalue weighted by atomic mass is 16.2. The summed E-state index contributed by atoms with van der Waals surface area (Å²) in [6, 6.07) is 4.11. The maximum absolute atomic E-state index is 11.4. The summed E-state index contributed by atoms with van der Waals surface area (Å²) >= 11 is 0. The number of hydrogen-bond acceptors (Lipinski definition) is 5. The molecule has 1 atom stereocenters. The average molecular weight is 234 g/mol. The van der Waals surface area contributed by atoms with Gasteiger partial charge in [-0.2, -0.15) is 9.61 Å². The largest absolute Gasteiger partial charge is 0.364 e. The Morgan fingerprint density at radius 3 is 3.18 bits per heavy atom. The van der Waals surface area contributed by atoms with E-state index in [2.05, 4.69) is 25.5 Å². The van der Waals surface area contributed by atoms with Crippen molar-refractivity contribution in [2.75, 3.05) is 25.0 Å². The maximum Gasteiger partial charge on any atom is 0.364 e. The van der Waals surface area contributed by atoms with Crippen LogP contribution in [0.25, 0.3) is 5.65 Å². The standard InChI is InChI=1S/C10H14N6O/c1-15(7-4-5-11-6-7)9-3-2-8-12-13-10(17)16(8)14-9/h2-3,7,11H,4-6H2,1H3,(H,13,17). The van der Waals surface area contributed by atoms with Gasteiger partial charge in [-0.15, -0.1) is 5.10 Å². The third-order valence-electron chi connectivity index (χ3n) is 3.20. The lowest BCUT2D eigenvalue weighted by Gasteiger charge is -2.24. The van der Waals surface area contributed by atoms with Gasteiger partial charge in [0.2, 0.25) is 0 Å². The third kappa shape index (κ3) is 1.68. The zero-order valence-electron chi connectivity index (χ0n) is 9.55. The number of anilines is 1. The molecule has 3 rings (SSSR count). The molecule has 1 fully saturated rings. The van der Waals surface area contributed by atoms with Crippen LogP contribution in [0.3, 0.4) is 0 Å². The van der Waals surface area contributed by atoms with Crippen LogP contribution in [-0.2, 0) is 0 Å². The van der Waals surface area contributed by atoms with E-state index in [1.807, 2.05) is 13.1 Å². The van der Waals surface area contributed by atoms with Gasteiger partial charge in [-0.25, -0.2) is 9.89 Å². The summed E-state index contributed by atoms with van der Waals surface area (Å²) in [6.07, 6.45) is 1.09. The predicted molar refractivity (Wildman–Crippen MR) is 63.3 cm³/mol. The summed E-state index contributed by atoms with van der Waals surface area (Å²) < 4.78 is 1.29. The van der Waals surface area contributed by atoms with E-state index in [4.69, 9.17) is 0 Å². The molecule has 3 heterocycles. The summed E-state index contributed by atoms with van der Waals surface area (Å²) in [4.78, 5) is 13.5. The Labute approximate surface area is 97.4 Å². The number of H-pyrrole nitrogens is 1. The Morgan fingerprint density at radius 1 is 1.53 bits per heavy atom. The lowest BCUT2D eigenvalue weighted by atomic mass is 10.2. The average Bonchev–Trinajstić information content (AvgIpc) is 2.98. The molecule has 90 valence electrons. The fourth-order valence-electron chi connectivity index (χ4n) is 2.14. The summed E-state index contributed by atoms with van der Waals surface area (Å²) in [5.41, 5.74) is 0.233. The van der Waals surface area contributed by atoms with Gasteiger partial charge in [0, 0.05) is 19.6 Å². The zero-order chi connectivity index (χ0) is 11.8. The summed E-state index contributed by atoms with van der Waals surface area (Å²) in [5.74, 6) is 0.787. The number of rotatable bonds is 2. The third-order valence-corrected chi connectivity index (χ3v) is 3.20. The predicted octanol–water partition coefficient (Wildman–Crippen LogP) is -0.784. The molecule has 0 aliphatic carbocycles. The normalized spacial score (nSPS) is 19.9. The van der Waals surface area contributed by atoms with Crippen LogP contribution in [0.1, 0.15) is 6.42 Å². The number of fused-ring (bicyclic) bond motifs is 1. The summed E-state index contributed by atoms with van der Waals surface area (Å²) in [7, 11) is 2.00. The minimum Gasteiger partial charge on any atom is -0.354 e. The van der Waals surface area contributed by atoms with Crippen LogP contribution in [-0.4, -0.2) is 46.0 Å². The minimum absolute atomic E-state index is 0.306. The van der Waals surface area contributed by atoms with Crippen molar-refractivity contribution in [3.63, 3.8) is 0 Å². The number of aromatic amines is 1. The summed E-state index contributed by atoms with van der Waals surface area (Å²) in [6.45, 7) is 1.99. The van der Waals surface area contributed by atoms with Crippen molar-refractivity contribution < 1.29 is 0 Å². The van der Waals surface area contributed by atoms with Crippen molar-refractivity contribution in [2.24, 2.45) is 0 Å². The Bertz CT molecular complexity index is 582. The van der Waals surface area contributed by atoms with Gasteiger partial charge in [0.05, 0.1) is 0 Å². The first-order chi connectivity index (χ1) is 8.25. The van der Waals surface area contributed by atoms with Gasteiger partial charge in [-0.3, -0.25) is 0 Å². The molecule has 1 saturated heterocycles. The van der Waals surface area contributed by atoms with Crippen molar-refractivity contribution >= 4 is 11.5 Å². The van der Waals surface area contributed by atoms with Crippen molar-refractivity contribution in [2.45, 2.75) is 12.5 Å². The first kappa shape index (κ1) is 10.3. The molecule has 1 unspecified atom stereocenters. The van der Waals surface area contributed by atoms with Gasteiger partial charge in [-0.05, 0) is 25.1 Å². The van der Waals surface area contributed by atoms with Crippen molar-refractivity contribution in [3.05, 3.63) is 22.6 Å².